The number of nitrogens with zero attached hydrogens (tertiary/aromatic N) is 2. The van der Waals surface area contributed by atoms with E-state index in [2.05, 4.69) is 38.0 Å². The number of hydrogen-bond acceptors (Lipinski definition) is 6. The molecule has 4 N–H and O–H groups in total. The summed E-state index contributed by atoms with van der Waals surface area (Å²) in [5.74, 6) is -0.0289. The normalized spacial score (nSPS) is 14.6. The van der Waals surface area contributed by atoms with Gasteiger partial charge in [0.1, 0.15) is 0 Å². The third-order valence-corrected chi connectivity index (χ3v) is 7.49. The highest BCUT2D eigenvalue weighted by Gasteiger charge is 2.18. The van der Waals surface area contributed by atoms with Crippen LogP contribution in [0.1, 0.15) is 45.4 Å². The number of rotatable bonds is 8. The number of aromatic nitrogens is 2. The number of hydrogen-bond donors (Lipinski definition) is 4. The van der Waals surface area contributed by atoms with Crippen molar-refractivity contribution in [2.45, 2.75) is 32.4 Å². The molecule has 0 atom stereocenters. The zero-order chi connectivity index (χ0) is 24.9. The number of amides is 2. The predicted molar refractivity (Wildman–Crippen MR) is 145 cm³/mol. The summed E-state index contributed by atoms with van der Waals surface area (Å²) in [5.41, 5.74) is 2.82. The largest absolute Gasteiger partial charge is 0.382 e. The highest BCUT2D eigenvalue weighted by Crippen LogP contribution is 2.23. The van der Waals surface area contributed by atoms with Gasteiger partial charge in [0, 0.05) is 46.2 Å². The van der Waals surface area contributed by atoms with Gasteiger partial charge in [-0.1, -0.05) is 13.0 Å². The van der Waals surface area contributed by atoms with Gasteiger partial charge in [0.05, 0.1) is 12.1 Å². The number of carbonyl (C=O) groups is 2. The van der Waals surface area contributed by atoms with Crippen molar-refractivity contribution in [3.8, 4) is 0 Å². The lowest BCUT2D eigenvalue weighted by Gasteiger charge is -2.32. The lowest BCUT2D eigenvalue weighted by molar-refractivity contribution is 0.0950. The molecule has 3 heterocycles. The SMILES string of the molecule is CCN1CCC(Nc2ccc(C(=O)Nc3n[nH]c4ccc(C(=O)NCc5cccs5)cc34)cc2)CC1. The standard InChI is InChI=1S/C27H30N6O2S/c1-2-33-13-11-21(12-14-33)29-20-8-5-18(6-9-20)27(35)30-25-23-16-19(7-10-24(23)31-32-25)26(34)28-17-22-4-3-15-36-22/h3-10,15-16,21,29H,2,11-14,17H2,1H3,(H,28,34)(H2,30,31,32,35). The van der Waals surface area contributed by atoms with Gasteiger partial charge in [-0.25, -0.2) is 0 Å². The third kappa shape index (κ3) is 5.58. The molecule has 8 nitrogen and oxygen atoms in total. The lowest BCUT2D eigenvalue weighted by Crippen LogP contribution is -2.38. The van der Waals surface area contributed by atoms with Crippen LogP contribution in [-0.2, 0) is 6.54 Å². The van der Waals surface area contributed by atoms with E-state index in [9.17, 15) is 9.59 Å². The Morgan fingerprint density at radius 1 is 1.06 bits per heavy atom. The summed E-state index contributed by atoms with van der Waals surface area (Å²) in [6.45, 7) is 6.01. The molecule has 0 saturated carbocycles. The first kappa shape index (κ1) is 24.0. The minimum absolute atomic E-state index is 0.174. The van der Waals surface area contributed by atoms with Crippen molar-refractivity contribution in [3.63, 3.8) is 0 Å². The summed E-state index contributed by atoms with van der Waals surface area (Å²) >= 11 is 1.60. The van der Waals surface area contributed by atoms with Crippen LogP contribution in [0.4, 0.5) is 11.5 Å². The van der Waals surface area contributed by atoms with Gasteiger partial charge < -0.3 is 20.9 Å². The number of anilines is 2. The molecule has 1 aliphatic rings. The van der Waals surface area contributed by atoms with Crippen molar-refractivity contribution in [2.75, 3.05) is 30.3 Å². The van der Waals surface area contributed by atoms with Gasteiger partial charge in [0.15, 0.2) is 5.82 Å². The molecule has 0 spiro atoms. The van der Waals surface area contributed by atoms with E-state index >= 15 is 0 Å². The summed E-state index contributed by atoms with van der Waals surface area (Å²) in [6.07, 6.45) is 2.24. The molecule has 2 aromatic heterocycles. The van der Waals surface area contributed by atoms with Crippen molar-refractivity contribution < 1.29 is 9.59 Å². The summed E-state index contributed by atoms with van der Waals surface area (Å²) in [4.78, 5) is 29.1. The highest BCUT2D eigenvalue weighted by atomic mass is 32.1. The van der Waals surface area contributed by atoms with Crippen molar-refractivity contribution in [2.24, 2.45) is 0 Å². The van der Waals surface area contributed by atoms with Crippen molar-refractivity contribution in [1.82, 2.24) is 20.4 Å². The van der Waals surface area contributed by atoms with Crippen LogP contribution in [0.25, 0.3) is 10.9 Å². The summed E-state index contributed by atoms with van der Waals surface area (Å²) in [5, 5.41) is 19.2. The van der Waals surface area contributed by atoms with Gasteiger partial charge in [0.2, 0.25) is 0 Å². The smallest absolute Gasteiger partial charge is 0.256 e. The molecule has 4 aromatic rings. The molecular weight excluding hydrogens is 472 g/mol. The zero-order valence-electron chi connectivity index (χ0n) is 20.2. The number of H-pyrrole nitrogens is 1. The molecule has 0 unspecified atom stereocenters. The molecule has 0 aliphatic carbocycles. The first-order valence-electron chi connectivity index (χ1n) is 12.3. The Bertz CT molecular complexity index is 1320. The fourth-order valence-corrected chi connectivity index (χ4v) is 5.10. The molecule has 0 bridgehead atoms. The molecule has 9 heteroatoms. The summed E-state index contributed by atoms with van der Waals surface area (Å²) in [7, 11) is 0. The van der Waals surface area contributed by atoms with E-state index in [1.165, 1.54) is 0 Å². The molecule has 2 amide bonds. The monoisotopic (exact) mass is 502 g/mol. The first-order chi connectivity index (χ1) is 17.6. The molecule has 5 rings (SSSR count). The van der Waals surface area contributed by atoms with E-state index in [0.717, 1.165) is 48.6 Å². The van der Waals surface area contributed by atoms with Crippen LogP contribution in [0, 0.1) is 0 Å². The Labute approximate surface area is 214 Å². The molecule has 1 saturated heterocycles. The number of fused-ring (bicyclic) bond motifs is 1. The number of nitrogens with one attached hydrogen (secondary N) is 4. The fourth-order valence-electron chi connectivity index (χ4n) is 4.46. The van der Waals surface area contributed by atoms with E-state index in [1.54, 1.807) is 29.5 Å². The lowest BCUT2D eigenvalue weighted by atomic mass is 10.0. The van der Waals surface area contributed by atoms with E-state index in [4.69, 9.17) is 0 Å². The third-order valence-electron chi connectivity index (χ3n) is 6.61. The van der Waals surface area contributed by atoms with Gasteiger partial charge in [-0.2, -0.15) is 5.10 Å². The van der Waals surface area contributed by atoms with E-state index < -0.39 is 0 Å². The van der Waals surface area contributed by atoms with Crippen LogP contribution >= 0.6 is 11.3 Å². The number of thiophene rings is 1. The number of aromatic amines is 1. The fraction of sp³-hybridized carbons (Fsp3) is 0.296. The summed E-state index contributed by atoms with van der Waals surface area (Å²) < 4.78 is 0. The Kier molecular flexibility index (Phi) is 7.29. The average Bonchev–Trinajstić information content (AvgIpc) is 3.58. The van der Waals surface area contributed by atoms with Crippen LogP contribution in [0.5, 0.6) is 0 Å². The Morgan fingerprint density at radius 3 is 2.56 bits per heavy atom. The number of benzene rings is 2. The molecular formula is C27H30N6O2S. The van der Waals surface area contributed by atoms with Crippen LogP contribution in [-0.4, -0.2) is 52.6 Å². The highest BCUT2D eigenvalue weighted by molar-refractivity contribution is 7.09. The number of carbonyl (C=O) groups excluding carboxylic acids is 2. The maximum absolute atomic E-state index is 12.9. The first-order valence-corrected chi connectivity index (χ1v) is 13.2. The van der Waals surface area contributed by atoms with Gasteiger partial charge in [-0.05, 0) is 73.3 Å². The van der Waals surface area contributed by atoms with E-state index in [0.29, 0.717) is 34.9 Å². The van der Waals surface area contributed by atoms with Crippen LogP contribution in [0.15, 0.2) is 60.0 Å². The van der Waals surface area contributed by atoms with Gasteiger partial charge in [-0.15, -0.1) is 11.3 Å². The van der Waals surface area contributed by atoms with E-state index in [1.807, 2.05) is 41.8 Å². The minimum Gasteiger partial charge on any atom is -0.382 e. The van der Waals surface area contributed by atoms with Gasteiger partial charge >= 0.3 is 0 Å². The number of likely N-dealkylation sites (tertiary alicyclic amines) is 1. The average molecular weight is 503 g/mol. The van der Waals surface area contributed by atoms with Crippen LogP contribution in [0.3, 0.4) is 0 Å². The van der Waals surface area contributed by atoms with Crippen LogP contribution in [0.2, 0.25) is 0 Å². The van der Waals surface area contributed by atoms with Gasteiger partial charge in [0.25, 0.3) is 11.8 Å². The topological polar surface area (TPSA) is 102 Å². The van der Waals surface area contributed by atoms with Crippen LogP contribution < -0.4 is 16.0 Å². The zero-order valence-corrected chi connectivity index (χ0v) is 21.0. The van der Waals surface area contributed by atoms with E-state index in [-0.39, 0.29) is 11.8 Å². The second-order valence-electron chi connectivity index (χ2n) is 8.98. The quantitative estimate of drug-likeness (QED) is 0.280. The second-order valence-corrected chi connectivity index (χ2v) is 10.0. The molecule has 1 fully saturated rings. The maximum Gasteiger partial charge on any atom is 0.256 e. The summed E-state index contributed by atoms with van der Waals surface area (Å²) in [6, 6.07) is 17.2. The second kappa shape index (κ2) is 10.9. The molecule has 36 heavy (non-hydrogen) atoms. The Balaban J connectivity index is 1.21. The van der Waals surface area contributed by atoms with Crippen molar-refractivity contribution in [3.05, 3.63) is 76.0 Å². The molecule has 2 aromatic carbocycles. The number of piperidine rings is 1. The minimum atomic E-state index is -0.251. The predicted octanol–water partition coefficient (Wildman–Crippen LogP) is 4.70. The Morgan fingerprint density at radius 2 is 1.83 bits per heavy atom. The van der Waals surface area contributed by atoms with Crippen molar-refractivity contribution in [1.29, 1.82) is 0 Å². The van der Waals surface area contributed by atoms with Crippen molar-refractivity contribution >= 4 is 45.6 Å². The molecule has 186 valence electrons. The Hall–Kier alpha value is -3.69. The molecule has 0 radical (unpaired) electrons. The van der Waals surface area contributed by atoms with Gasteiger partial charge in [-0.3, -0.25) is 14.7 Å². The maximum atomic E-state index is 12.9. The molecule has 1 aliphatic heterocycles.